The van der Waals surface area contributed by atoms with E-state index in [1.807, 2.05) is 67.2 Å². The van der Waals surface area contributed by atoms with Crippen LogP contribution in [0.3, 0.4) is 0 Å². The Morgan fingerprint density at radius 3 is 2.25 bits per heavy atom. The number of aryl methyl sites for hydroxylation is 2. The third-order valence-electron chi connectivity index (χ3n) is 4.34. The quantitative estimate of drug-likeness (QED) is 0.510. The first-order valence-electron chi connectivity index (χ1n) is 9.15. The summed E-state index contributed by atoms with van der Waals surface area (Å²) in [4.78, 5) is 8.79. The summed E-state index contributed by atoms with van der Waals surface area (Å²) in [6.45, 7) is 5.31. The molecule has 7 heteroatoms. The van der Waals surface area contributed by atoms with Gasteiger partial charge in [-0.25, -0.2) is 9.67 Å². The van der Waals surface area contributed by atoms with Crippen molar-refractivity contribution in [3.8, 4) is 11.6 Å². The number of nitrogens with zero attached hydrogens (tertiary/aromatic N) is 4. The molecule has 0 unspecified atom stereocenters. The van der Waals surface area contributed by atoms with Crippen molar-refractivity contribution in [1.82, 2.24) is 25.4 Å². The molecule has 2 aromatic heterocycles. The van der Waals surface area contributed by atoms with Gasteiger partial charge in [0.15, 0.2) is 11.8 Å². The molecule has 0 radical (unpaired) electrons. The number of hydrogen-bond donors (Lipinski definition) is 2. The molecule has 3 rings (SSSR count). The molecule has 0 aliphatic carbocycles. The van der Waals surface area contributed by atoms with Crippen LogP contribution in [-0.2, 0) is 13.1 Å². The molecule has 0 aliphatic rings. The molecule has 0 saturated carbocycles. The average Bonchev–Trinajstić information content (AvgIpc) is 3.07. The summed E-state index contributed by atoms with van der Waals surface area (Å²) in [5, 5.41) is 11.1. The van der Waals surface area contributed by atoms with Gasteiger partial charge in [-0.15, -0.1) is 0 Å². The molecule has 1 aromatic carbocycles. The first-order chi connectivity index (χ1) is 13.6. The first-order valence-corrected chi connectivity index (χ1v) is 9.15. The molecular formula is C21H26N6O. The van der Waals surface area contributed by atoms with Crippen molar-refractivity contribution in [1.29, 1.82) is 0 Å². The standard InChI is InChI=1S/C21H26N6O/c1-15-11-16(2)27(26-15)20-10-7-18(13-23-20)14-25-21(22-3)24-12-17-5-8-19(28-4)9-6-17/h5-11,13H,12,14H2,1-4H3,(H2,22,24,25). The highest BCUT2D eigenvalue weighted by atomic mass is 16.5. The lowest BCUT2D eigenvalue weighted by Gasteiger charge is -2.12. The summed E-state index contributed by atoms with van der Waals surface area (Å²) in [6.07, 6.45) is 1.86. The van der Waals surface area contributed by atoms with Gasteiger partial charge in [-0.05, 0) is 49.2 Å². The fraction of sp³-hybridized carbons (Fsp3) is 0.286. The summed E-state index contributed by atoms with van der Waals surface area (Å²) < 4.78 is 7.03. The Morgan fingerprint density at radius 1 is 1.04 bits per heavy atom. The van der Waals surface area contributed by atoms with E-state index in [0.717, 1.165) is 40.0 Å². The van der Waals surface area contributed by atoms with Crippen LogP contribution in [0.25, 0.3) is 5.82 Å². The van der Waals surface area contributed by atoms with Crippen LogP contribution in [0, 0.1) is 13.8 Å². The number of aromatic nitrogens is 3. The number of guanidine groups is 1. The zero-order valence-electron chi connectivity index (χ0n) is 16.7. The SMILES string of the molecule is CN=C(NCc1ccc(OC)cc1)NCc1ccc(-n2nc(C)cc2C)nc1. The van der Waals surface area contributed by atoms with Crippen molar-refractivity contribution in [2.75, 3.05) is 14.2 Å². The molecule has 0 amide bonds. The van der Waals surface area contributed by atoms with Crippen molar-refractivity contribution in [2.45, 2.75) is 26.9 Å². The summed E-state index contributed by atoms with van der Waals surface area (Å²) in [5.41, 5.74) is 4.27. The van der Waals surface area contributed by atoms with Gasteiger partial charge in [-0.3, -0.25) is 4.99 Å². The predicted molar refractivity (Wildman–Crippen MR) is 111 cm³/mol. The lowest BCUT2D eigenvalue weighted by molar-refractivity contribution is 0.414. The third kappa shape index (κ3) is 4.88. The highest BCUT2D eigenvalue weighted by molar-refractivity contribution is 5.79. The van der Waals surface area contributed by atoms with Gasteiger partial charge in [0.05, 0.1) is 12.8 Å². The fourth-order valence-corrected chi connectivity index (χ4v) is 2.84. The van der Waals surface area contributed by atoms with E-state index in [9.17, 15) is 0 Å². The van der Waals surface area contributed by atoms with Crippen LogP contribution in [0.15, 0.2) is 53.7 Å². The van der Waals surface area contributed by atoms with E-state index < -0.39 is 0 Å². The Kier molecular flexibility index (Phi) is 6.26. The van der Waals surface area contributed by atoms with Crippen molar-refractivity contribution < 1.29 is 4.74 Å². The van der Waals surface area contributed by atoms with Crippen molar-refractivity contribution in [2.24, 2.45) is 4.99 Å². The monoisotopic (exact) mass is 378 g/mol. The minimum absolute atomic E-state index is 0.632. The highest BCUT2D eigenvalue weighted by Gasteiger charge is 2.05. The minimum Gasteiger partial charge on any atom is -0.497 e. The Labute approximate surface area is 165 Å². The molecule has 0 fully saturated rings. The second-order valence-corrected chi connectivity index (χ2v) is 6.49. The van der Waals surface area contributed by atoms with Crippen LogP contribution in [0.4, 0.5) is 0 Å². The smallest absolute Gasteiger partial charge is 0.191 e. The normalized spacial score (nSPS) is 11.4. The topological polar surface area (TPSA) is 76.4 Å². The Bertz CT molecular complexity index is 929. The maximum Gasteiger partial charge on any atom is 0.191 e. The number of methoxy groups -OCH3 is 1. The van der Waals surface area contributed by atoms with Crippen LogP contribution in [0.1, 0.15) is 22.5 Å². The number of ether oxygens (including phenoxy) is 1. The van der Waals surface area contributed by atoms with Gasteiger partial charge in [-0.2, -0.15) is 5.10 Å². The maximum atomic E-state index is 5.18. The molecular weight excluding hydrogens is 352 g/mol. The molecule has 0 saturated heterocycles. The predicted octanol–water partition coefficient (Wildman–Crippen LogP) is 2.76. The fourth-order valence-electron chi connectivity index (χ4n) is 2.84. The highest BCUT2D eigenvalue weighted by Crippen LogP contribution is 2.11. The Hall–Kier alpha value is -3.35. The van der Waals surface area contributed by atoms with E-state index in [-0.39, 0.29) is 0 Å². The van der Waals surface area contributed by atoms with Crippen LogP contribution in [0.5, 0.6) is 5.75 Å². The van der Waals surface area contributed by atoms with Crippen LogP contribution < -0.4 is 15.4 Å². The van der Waals surface area contributed by atoms with Crippen LogP contribution in [-0.4, -0.2) is 34.9 Å². The van der Waals surface area contributed by atoms with E-state index >= 15 is 0 Å². The van der Waals surface area contributed by atoms with Gasteiger partial charge in [0.1, 0.15) is 5.75 Å². The van der Waals surface area contributed by atoms with Crippen molar-refractivity contribution >= 4 is 5.96 Å². The molecule has 0 bridgehead atoms. The second kappa shape index (κ2) is 9.03. The average molecular weight is 378 g/mol. The van der Waals surface area contributed by atoms with Gasteiger partial charge in [0.2, 0.25) is 0 Å². The first kappa shape index (κ1) is 19.4. The summed E-state index contributed by atoms with van der Waals surface area (Å²) >= 11 is 0. The molecule has 3 aromatic rings. The maximum absolute atomic E-state index is 5.18. The van der Waals surface area contributed by atoms with E-state index in [2.05, 4.69) is 25.7 Å². The largest absolute Gasteiger partial charge is 0.497 e. The lowest BCUT2D eigenvalue weighted by Crippen LogP contribution is -2.36. The van der Waals surface area contributed by atoms with Crippen molar-refractivity contribution in [3.05, 3.63) is 71.2 Å². The minimum atomic E-state index is 0.632. The van der Waals surface area contributed by atoms with E-state index in [0.29, 0.717) is 13.1 Å². The molecule has 7 nitrogen and oxygen atoms in total. The van der Waals surface area contributed by atoms with Gasteiger partial charge in [-0.1, -0.05) is 18.2 Å². The molecule has 2 N–H and O–H groups in total. The number of benzene rings is 1. The summed E-state index contributed by atoms with van der Waals surface area (Å²) in [6, 6.07) is 14.0. The van der Waals surface area contributed by atoms with Gasteiger partial charge in [0, 0.05) is 32.0 Å². The molecule has 0 atom stereocenters. The number of nitrogens with one attached hydrogen (secondary N) is 2. The number of rotatable bonds is 6. The van der Waals surface area contributed by atoms with Gasteiger partial charge in [0.25, 0.3) is 0 Å². The molecule has 146 valence electrons. The molecule has 2 heterocycles. The molecule has 28 heavy (non-hydrogen) atoms. The van der Waals surface area contributed by atoms with E-state index in [1.54, 1.807) is 14.2 Å². The Morgan fingerprint density at radius 2 is 1.71 bits per heavy atom. The van der Waals surface area contributed by atoms with Crippen LogP contribution >= 0.6 is 0 Å². The van der Waals surface area contributed by atoms with Gasteiger partial charge < -0.3 is 15.4 Å². The van der Waals surface area contributed by atoms with Crippen molar-refractivity contribution in [3.63, 3.8) is 0 Å². The zero-order valence-corrected chi connectivity index (χ0v) is 16.7. The summed E-state index contributed by atoms with van der Waals surface area (Å²) in [7, 11) is 3.42. The number of pyridine rings is 1. The molecule has 0 aliphatic heterocycles. The van der Waals surface area contributed by atoms with Crippen LogP contribution in [0.2, 0.25) is 0 Å². The summed E-state index contributed by atoms with van der Waals surface area (Å²) in [5.74, 6) is 2.40. The van der Waals surface area contributed by atoms with E-state index in [1.165, 1.54) is 0 Å². The van der Waals surface area contributed by atoms with E-state index in [4.69, 9.17) is 4.74 Å². The number of hydrogen-bond acceptors (Lipinski definition) is 4. The zero-order chi connectivity index (χ0) is 19.9. The second-order valence-electron chi connectivity index (χ2n) is 6.49. The Balaban J connectivity index is 1.53. The lowest BCUT2D eigenvalue weighted by atomic mass is 10.2. The molecule has 0 spiro atoms. The number of aliphatic imine (C=N–C) groups is 1. The third-order valence-corrected chi connectivity index (χ3v) is 4.34. The van der Waals surface area contributed by atoms with Gasteiger partial charge >= 0.3 is 0 Å².